The molecule has 1 saturated carbocycles. The van der Waals surface area contributed by atoms with Gasteiger partial charge in [-0.2, -0.15) is 0 Å². The Labute approximate surface area is 125 Å². The van der Waals surface area contributed by atoms with Crippen LogP contribution in [0.4, 0.5) is 0 Å². The van der Waals surface area contributed by atoms with Crippen molar-refractivity contribution < 1.29 is 0 Å². The molecule has 1 aliphatic carbocycles. The Bertz CT molecular complexity index is 585. The number of fused-ring (bicyclic) bond motifs is 1. The highest BCUT2D eigenvalue weighted by Crippen LogP contribution is 2.57. The molecule has 1 N–H and O–H groups in total. The van der Waals surface area contributed by atoms with Crippen molar-refractivity contribution in [2.45, 2.75) is 52.0 Å². The van der Waals surface area contributed by atoms with Gasteiger partial charge in [0.05, 0.1) is 10.2 Å². The van der Waals surface area contributed by atoms with Crippen LogP contribution in [0.2, 0.25) is 0 Å². The van der Waals surface area contributed by atoms with Gasteiger partial charge in [-0.25, -0.2) is 0 Å². The van der Waals surface area contributed by atoms with Crippen LogP contribution in [0.1, 0.15) is 51.5 Å². The number of rotatable bonds is 5. The summed E-state index contributed by atoms with van der Waals surface area (Å²) in [6.07, 6.45) is 5.86. The number of pyridine rings is 1. The molecule has 108 valence electrons. The second-order valence-corrected chi connectivity index (χ2v) is 6.86. The summed E-state index contributed by atoms with van der Waals surface area (Å²) in [6.45, 7) is 7.97. The molecule has 2 aromatic rings. The van der Waals surface area contributed by atoms with Crippen molar-refractivity contribution in [3.05, 3.63) is 29.3 Å². The van der Waals surface area contributed by atoms with Crippen LogP contribution in [0.5, 0.6) is 0 Å². The van der Waals surface area contributed by atoms with Crippen molar-refractivity contribution in [1.29, 1.82) is 0 Å². The maximum Gasteiger partial charge on any atom is 0.0809 e. The molecule has 2 aromatic heterocycles. The summed E-state index contributed by atoms with van der Waals surface area (Å²) in [5.74, 6) is 0.667. The lowest BCUT2D eigenvalue weighted by molar-refractivity contribution is 0.0209. The Morgan fingerprint density at radius 3 is 2.85 bits per heavy atom. The summed E-state index contributed by atoms with van der Waals surface area (Å²) in [5, 5.41) is 5.82. The molecular formula is C17H24N2S. The first-order chi connectivity index (χ1) is 9.75. The third kappa shape index (κ3) is 1.99. The average Bonchev–Trinajstić information content (AvgIpc) is 2.92. The molecule has 0 aromatic carbocycles. The van der Waals surface area contributed by atoms with Crippen molar-refractivity contribution >= 4 is 21.6 Å². The second-order valence-electron chi connectivity index (χ2n) is 5.91. The van der Waals surface area contributed by atoms with E-state index in [9.17, 15) is 0 Å². The lowest BCUT2D eigenvalue weighted by Crippen LogP contribution is -2.58. The van der Waals surface area contributed by atoms with Gasteiger partial charge < -0.3 is 5.32 Å². The van der Waals surface area contributed by atoms with E-state index >= 15 is 0 Å². The molecule has 0 aliphatic heterocycles. The van der Waals surface area contributed by atoms with E-state index in [2.05, 4.69) is 54.8 Å². The molecule has 0 radical (unpaired) electrons. The van der Waals surface area contributed by atoms with Crippen LogP contribution in [0.3, 0.4) is 0 Å². The van der Waals surface area contributed by atoms with Gasteiger partial charge >= 0.3 is 0 Å². The highest BCUT2D eigenvalue weighted by Gasteiger charge is 2.52. The second kappa shape index (κ2) is 5.45. The van der Waals surface area contributed by atoms with Gasteiger partial charge in [0, 0.05) is 12.2 Å². The minimum Gasteiger partial charge on any atom is -0.314 e. The number of aromatic nitrogens is 1. The third-order valence-electron chi connectivity index (χ3n) is 5.35. The van der Waals surface area contributed by atoms with Gasteiger partial charge in [-0.05, 0) is 60.2 Å². The quantitative estimate of drug-likeness (QED) is 0.872. The summed E-state index contributed by atoms with van der Waals surface area (Å²) >= 11 is 1.80. The van der Waals surface area contributed by atoms with E-state index in [1.807, 2.05) is 0 Å². The van der Waals surface area contributed by atoms with Gasteiger partial charge in [0.1, 0.15) is 0 Å². The first kappa shape index (κ1) is 14.0. The van der Waals surface area contributed by atoms with E-state index in [4.69, 9.17) is 0 Å². The summed E-state index contributed by atoms with van der Waals surface area (Å²) in [6, 6.07) is 5.16. The largest absolute Gasteiger partial charge is 0.314 e. The monoisotopic (exact) mass is 288 g/mol. The first-order valence-corrected chi connectivity index (χ1v) is 8.69. The zero-order valence-electron chi connectivity index (χ0n) is 12.6. The van der Waals surface area contributed by atoms with E-state index in [1.165, 1.54) is 29.5 Å². The van der Waals surface area contributed by atoms with Gasteiger partial charge in [-0.1, -0.05) is 20.8 Å². The van der Waals surface area contributed by atoms with Crippen LogP contribution in [0.15, 0.2) is 23.7 Å². The van der Waals surface area contributed by atoms with Gasteiger partial charge in [0.25, 0.3) is 0 Å². The summed E-state index contributed by atoms with van der Waals surface area (Å²) in [4.78, 5) is 4.64. The minimum absolute atomic E-state index is 0.419. The smallest absolute Gasteiger partial charge is 0.0809 e. The van der Waals surface area contributed by atoms with Gasteiger partial charge in [-0.3, -0.25) is 4.98 Å². The fourth-order valence-electron chi connectivity index (χ4n) is 4.08. The fraction of sp³-hybridized carbons (Fsp3) is 0.588. The molecule has 1 aliphatic rings. The molecule has 0 bridgehead atoms. The zero-order chi connectivity index (χ0) is 14.2. The SMILES string of the molecule is CCNC1CC(c2cnc3ccsc3c2)C1(CC)CC. The Kier molecular flexibility index (Phi) is 3.83. The molecule has 3 heteroatoms. The number of thiophene rings is 1. The van der Waals surface area contributed by atoms with E-state index in [-0.39, 0.29) is 0 Å². The summed E-state index contributed by atoms with van der Waals surface area (Å²) in [7, 11) is 0. The lowest BCUT2D eigenvalue weighted by atomic mass is 9.52. The van der Waals surface area contributed by atoms with Crippen LogP contribution in [-0.4, -0.2) is 17.6 Å². The van der Waals surface area contributed by atoms with Crippen LogP contribution in [0, 0.1) is 5.41 Å². The molecule has 20 heavy (non-hydrogen) atoms. The van der Waals surface area contributed by atoms with E-state index < -0.39 is 0 Å². The highest BCUT2D eigenvalue weighted by atomic mass is 32.1. The van der Waals surface area contributed by atoms with Gasteiger partial charge in [-0.15, -0.1) is 11.3 Å². The molecule has 3 rings (SSSR count). The molecular weight excluding hydrogens is 264 g/mol. The number of nitrogens with zero attached hydrogens (tertiary/aromatic N) is 1. The van der Waals surface area contributed by atoms with Crippen molar-refractivity contribution in [1.82, 2.24) is 10.3 Å². The molecule has 0 saturated heterocycles. The molecule has 2 nitrogen and oxygen atoms in total. The molecule has 0 amide bonds. The van der Waals surface area contributed by atoms with Crippen molar-refractivity contribution in [2.75, 3.05) is 6.54 Å². The van der Waals surface area contributed by atoms with Crippen LogP contribution >= 0.6 is 11.3 Å². The first-order valence-electron chi connectivity index (χ1n) is 7.81. The van der Waals surface area contributed by atoms with Crippen LogP contribution in [-0.2, 0) is 0 Å². The Balaban J connectivity index is 1.92. The van der Waals surface area contributed by atoms with E-state index in [1.54, 1.807) is 11.3 Å². The predicted molar refractivity (Wildman–Crippen MR) is 87.5 cm³/mol. The maximum atomic E-state index is 4.64. The van der Waals surface area contributed by atoms with E-state index in [0.29, 0.717) is 17.4 Å². The molecule has 1 fully saturated rings. The maximum absolute atomic E-state index is 4.64. The topological polar surface area (TPSA) is 24.9 Å². The Morgan fingerprint density at radius 2 is 2.15 bits per heavy atom. The molecule has 2 heterocycles. The van der Waals surface area contributed by atoms with Crippen molar-refractivity contribution in [2.24, 2.45) is 5.41 Å². The van der Waals surface area contributed by atoms with E-state index in [0.717, 1.165) is 12.1 Å². The van der Waals surface area contributed by atoms with Crippen molar-refractivity contribution in [3.63, 3.8) is 0 Å². The van der Waals surface area contributed by atoms with Gasteiger partial charge in [0.2, 0.25) is 0 Å². The normalized spacial score (nSPS) is 24.8. The lowest BCUT2D eigenvalue weighted by Gasteiger charge is -2.56. The average molecular weight is 288 g/mol. The fourth-order valence-corrected chi connectivity index (χ4v) is 4.87. The summed E-state index contributed by atoms with van der Waals surface area (Å²) < 4.78 is 1.33. The van der Waals surface area contributed by atoms with Crippen molar-refractivity contribution in [3.8, 4) is 0 Å². The highest BCUT2D eigenvalue weighted by molar-refractivity contribution is 7.17. The Morgan fingerprint density at radius 1 is 1.35 bits per heavy atom. The summed E-state index contributed by atoms with van der Waals surface area (Å²) in [5.41, 5.74) is 3.00. The number of nitrogens with one attached hydrogen (secondary N) is 1. The standard InChI is InChI=1S/C17H24N2S/c1-4-17(5-2)13(10-16(17)18-6-3)12-9-15-14(19-11-12)7-8-20-15/h7-9,11,13,16,18H,4-6,10H2,1-3H3. The molecule has 2 unspecified atom stereocenters. The predicted octanol–water partition coefficient (Wildman–Crippen LogP) is 4.57. The number of hydrogen-bond donors (Lipinski definition) is 1. The zero-order valence-corrected chi connectivity index (χ0v) is 13.5. The van der Waals surface area contributed by atoms with Gasteiger partial charge in [0.15, 0.2) is 0 Å². The van der Waals surface area contributed by atoms with Crippen LogP contribution in [0.25, 0.3) is 10.2 Å². The van der Waals surface area contributed by atoms with Crippen LogP contribution < -0.4 is 5.32 Å². The Hall–Kier alpha value is -0.930. The molecule has 2 atom stereocenters. The third-order valence-corrected chi connectivity index (χ3v) is 6.21. The minimum atomic E-state index is 0.419. The number of hydrogen-bond acceptors (Lipinski definition) is 3. The molecule has 0 spiro atoms.